The molecule has 2 rings (SSSR count). The Labute approximate surface area is 119 Å². The molecule has 0 saturated carbocycles. The molecule has 0 aliphatic carbocycles. The minimum Gasteiger partial charge on any atom is -0.490 e. The highest BCUT2D eigenvalue weighted by Gasteiger charge is 2.13. The second kappa shape index (κ2) is 6.70. The molecule has 2 N–H and O–H groups in total. The number of ether oxygens (including phenoxy) is 1. The average molecular weight is 275 g/mol. The molecule has 0 unspecified atom stereocenters. The molecule has 1 atom stereocenters. The lowest BCUT2D eigenvalue weighted by Crippen LogP contribution is -2.37. The number of aliphatic hydroxyl groups is 1. The highest BCUT2D eigenvalue weighted by molar-refractivity contribution is 5.88. The summed E-state index contributed by atoms with van der Waals surface area (Å²) in [5.74, 6) is 0.746. The Bertz CT molecular complexity index is 551. The first-order valence-corrected chi connectivity index (χ1v) is 6.82. The van der Waals surface area contributed by atoms with E-state index in [1.807, 2.05) is 56.3 Å². The third-order valence-electron chi connectivity index (χ3n) is 3.17. The summed E-state index contributed by atoms with van der Waals surface area (Å²) in [5, 5.41) is 22.7. The van der Waals surface area contributed by atoms with Gasteiger partial charge in [-0.2, -0.15) is 5.06 Å². The van der Waals surface area contributed by atoms with Gasteiger partial charge in [0.25, 0.3) is 0 Å². The summed E-state index contributed by atoms with van der Waals surface area (Å²) in [6.07, 6.45) is -0.735. The predicted octanol–water partition coefficient (Wildman–Crippen LogP) is 2.68. The number of nitrogens with zero attached hydrogens (tertiary/aromatic N) is 1. The minimum atomic E-state index is -0.735. The lowest BCUT2D eigenvalue weighted by atomic mass is 10.1. The molecule has 0 heterocycles. The van der Waals surface area contributed by atoms with E-state index in [9.17, 15) is 10.3 Å². The Morgan fingerprint density at radius 3 is 2.55 bits per heavy atom. The summed E-state index contributed by atoms with van der Waals surface area (Å²) >= 11 is 0. The van der Waals surface area contributed by atoms with E-state index in [0.717, 1.165) is 21.6 Å². The van der Waals surface area contributed by atoms with Crippen molar-refractivity contribution in [2.75, 3.05) is 13.2 Å². The number of rotatable bonds is 6. The van der Waals surface area contributed by atoms with Crippen LogP contribution in [0.4, 0.5) is 0 Å². The molecule has 0 amide bonds. The van der Waals surface area contributed by atoms with Crippen molar-refractivity contribution in [3.63, 3.8) is 0 Å². The standard InChI is InChI=1S/C16H21NO3/c1-12(2)17(19)10-14(18)11-20-16-9-5-7-13-6-3-4-8-15(13)16/h3-9,12,14,18-19H,10-11H2,1-2H3/t14-/m1/s1. The van der Waals surface area contributed by atoms with E-state index in [0.29, 0.717) is 0 Å². The third-order valence-corrected chi connectivity index (χ3v) is 3.17. The van der Waals surface area contributed by atoms with Gasteiger partial charge in [-0.05, 0) is 25.3 Å². The monoisotopic (exact) mass is 275 g/mol. The van der Waals surface area contributed by atoms with Crippen LogP contribution in [0, 0.1) is 0 Å². The molecule has 20 heavy (non-hydrogen) atoms. The number of aliphatic hydroxyl groups excluding tert-OH is 1. The van der Waals surface area contributed by atoms with Crippen LogP contribution in [0.2, 0.25) is 0 Å². The number of hydroxylamine groups is 2. The van der Waals surface area contributed by atoms with Crippen molar-refractivity contribution in [2.24, 2.45) is 0 Å². The van der Waals surface area contributed by atoms with Gasteiger partial charge in [0.2, 0.25) is 0 Å². The smallest absolute Gasteiger partial charge is 0.127 e. The van der Waals surface area contributed by atoms with Crippen molar-refractivity contribution < 1.29 is 15.1 Å². The maximum absolute atomic E-state index is 9.88. The van der Waals surface area contributed by atoms with Crippen molar-refractivity contribution in [2.45, 2.75) is 26.0 Å². The molecular weight excluding hydrogens is 254 g/mol. The average Bonchev–Trinajstić information content (AvgIpc) is 2.44. The van der Waals surface area contributed by atoms with Crippen LogP contribution in [-0.2, 0) is 0 Å². The summed E-state index contributed by atoms with van der Waals surface area (Å²) in [4.78, 5) is 0. The fourth-order valence-electron chi connectivity index (χ4n) is 1.99. The molecule has 0 aliphatic rings. The molecule has 0 aliphatic heterocycles. The lowest BCUT2D eigenvalue weighted by Gasteiger charge is -2.22. The molecule has 2 aromatic rings. The van der Waals surface area contributed by atoms with Crippen molar-refractivity contribution >= 4 is 10.8 Å². The second-order valence-corrected chi connectivity index (χ2v) is 5.16. The highest BCUT2D eigenvalue weighted by Crippen LogP contribution is 2.25. The first-order valence-electron chi connectivity index (χ1n) is 6.82. The number of hydrogen-bond acceptors (Lipinski definition) is 4. The van der Waals surface area contributed by atoms with Gasteiger partial charge in [-0.25, -0.2) is 0 Å². The molecule has 108 valence electrons. The van der Waals surface area contributed by atoms with Crippen molar-refractivity contribution in [3.8, 4) is 5.75 Å². The van der Waals surface area contributed by atoms with Gasteiger partial charge in [-0.3, -0.25) is 0 Å². The summed E-state index contributed by atoms with van der Waals surface area (Å²) in [6.45, 7) is 4.04. The predicted molar refractivity (Wildman–Crippen MR) is 79.1 cm³/mol. The van der Waals surface area contributed by atoms with Gasteiger partial charge in [-0.15, -0.1) is 0 Å². The van der Waals surface area contributed by atoms with E-state index in [2.05, 4.69) is 0 Å². The molecule has 0 spiro atoms. The van der Waals surface area contributed by atoms with E-state index in [1.54, 1.807) is 0 Å². The van der Waals surface area contributed by atoms with Crippen molar-refractivity contribution in [1.82, 2.24) is 5.06 Å². The number of hydrogen-bond donors (Lipinski definition) is 2. The van der Waals surface area contributed by atoms with Gasteiger partial charge in [0.1, 0.15) is 18.5 Å². The van der Waals surface area contributed by atoms with E-state index >= 15 is 0 Å². The maximum atomic E-state index is 9.88. The van der Waals surface area contributed by atoms with E-state index in [4.69, 9.17) is 4.74 Å². The molecule has 0 bridgehead atoms. The van der Waals surface area contributed by atoms with Crippen LogP contribution in [0.1, 0.15) is 13.8 Å². The Balaban J connectivity index is 1.99. The zero-order chi connectivity index (χ0) is 14.5. The van der Waals surface area contributed by atoms with Crippen molar-refractivity contribution in [3.05, 3.63) is 42.5 Å². The second-order valence-electron chi connectivity index (χ2n) is 5.16. The normalized spacial score (nSPS) is 13.1. The van der Waals surface area contributed by atoms with E-state index < -0.39 is 6.10 Å². The van der Waals surface area contributed by atoms with Gasteiger partial charge in [0.05, 0.1) is 6.54 Å². The zero-order valence-electron chi connectivity index (χ0n) is 11.9. The minimum absolute atomic E-state index is 0.0257. The Hall–Kier alpha value is -1.62. The molecule has 2 aromatic carbocycles. The van der Waals surface area contributed by atoms with Gasteiger partial charge in [0.15, 0.2) is 0 Å². The quantitative estimate of drug-likeness (QED) is 0.796. The molecular formula is C16H21NO3. The van der Waals surface area contributed by atoms with E-state index in [-0.39, 0.29) is 19.2 Å². The van der Waals surface area contributed by atoms with Gasteiger partial charge in [-0.1, -0.05) is 36.4 Å². The largest absolute Gasteiger partial charge is 0.490 e. The van der Waals surface area contributed by atoms with Crippen LogP contribution in [0.15, 0.2) is 42.5 Å². The first-order chi connectivity index (χ1) is 9.58. The fraction of sp³-hybridized carbons (Fsp3) is 0.375. The fourth-order valence-corrected chi connectivity index (χ4v) is 1.99. The van der Waals surface area contributed by atoms with Crippen LogP contribution >= 0.6 is 0 Å². The Morgan fingerprint density at radius 1 is 1.10 bits per heavy atom. The molecule has 0 aromatic heterocycles. The lowest BCUT2D eigenvalue weighted by molar-refractivity contribution is -0.139. The molecule has 0 saturated heterocycles. The first kappa shape index (κ1) is 14.8. The number of fused-ring (bicyclic) bond motifs is 1. The van der Waals surface area contributed by atoms with Gasteiger partial charge < -0.3 is 15.1 Å². The van der Waals surface area contributed by atoms with Crippen LogP contribution in [0.3, 0.4) is 0 Å². The maximum Gasteiger partial charge on any atom is 0.127 e. The molecule has 0 radical (unpaired) electrons. The molecule has 0 fully saturated rings. The molecule has 4 heteroatoms. The summed E-state index contributed by atoms with van der Waals surface area (Å²) in [5.41, 5.74) is 0. The van der Waals surface area contributed by atoms with Gasteiger partial charge >= 0.3 is 0 Å². The Morgan fingerprint density at radius 2 is 1.80 bits per heavy atom. The SMILES string of the molecule is CC(C)N(O)C[C@@H](O)COc1cccc2ccccc12. The van der Waals surface area contributed by atoms with Crippen LogP contribution < -0.4 is 4.74 Å². The van der Waals surface area contributed by atoms with E-state index in [1.165, 1.54) is 0 Å². The topological polar surface area (TPSA) is 52.9 Å². The van der Waals surface area contributed by atoms with Crippen molar-refractivity contribution in [1.29, 1.82) is 0 Å². The highest BCUT2D eigenvalue weighted by atomic mass is 16.5. The molecule has 4 nitrogen and oxygen atoms in total. The zero-order valence-corrected chi connectivity index (χ0v) is 11.9. The number of benzene rings is 2. The summed E-state index contributed by atoms with van der Waals surface area (Å²) in [6, 6.07) is 13.8. The van der Waals surface area contributed by atoms with Crippen LogP contribution in [0.25, 0.3) is 10.8 Å². The van der Waals surface area contributed by atoms with Crippen LogP contribution in [-0.4, -0.2) is 40.7 Å². The van der Waals surface area contributed by atoms with Gasteiger partial charge in [0, 0.05) is 11.4 Å². The summed E-state index contributed by atoms with van der Waals surface area (Å²) in [7, 11) is 0. The summed E-state index contributed by atoms with van der Waals surface area (Å²) < 4.78 is 5.67. The van der Waals surface area contributed by atoms with Crippen LogP contribution in [0.5, 0.6) is 5.75 Å². The Kier molecular flexibility index (Phi) is 4.95. The third kappa shape index (κ3) is 3.70.